The molecule has 3 heterocycles. The van der Waals surface area contributed by atoms with E-state index in [4.69, 9.17) is 14.2 Å². The fourth-order valence-corrected chi connectivity index (χ4v) is 7.92. The van der Waals surface area contributed by atoms with E-state index in [1.165, 1.54) is 28.5 Å². The van der Waals surface area contributed by atoms with Gasteiger partial charge in [-0.1, -0.05) is 70.2 Å². The van der Waals surface area contributed by atoms with E-state index in [2.05, 4.69) is 106 Å². The van der Waals surface area contributed by atoms with Crippen LogP contribution in [-0.4, -0.2) is 6.71 Å². The first-order chi connectivity index (χ1) is 21.2. The summed E-state index contributed by atoms with van der Waals surface area (Å²) >= 11 is 0. The normalized spacial score (nSPS) is 17.4. The van der Waals surface area contributed by atoms with Crippen molar-refractivity contribution in [3.8, 4) is 34.5 Å². The highest BCUT2D eigenvalue weighted by molar-refractivity contribution is 6.98. The maximum absolute atomic E-state index is 6.94. The number of para-hydroxylation sites is 4. The highest BCUT2D eigenvalue weighted by Crippen LogP contribution is 2.52. The minimum absolute atomic E-state index is 0.0231. The van der Waals surface area contributed by atoms with Gasteiger partial charge in [-0.3, -0.25) is 0 Å². The van der Waals surface area contributed by atoms with Crippen molar-refractivity contribution in [1.29, 1.82) is 0 Å². The molecule has 0 saturated carbocycles. The average molecular weight is 576 g/mol. The van der Waals surface area contributed by atoms with Crippen LogP contribution in [0.15, 0.2) is 91.0 Å². The molecule has 0 N–H and O–H groups in total. The number of anilines is 3. The van der Waals surface area contributed by atoms with E-state index < -0.39 is 0 Å². The zero-order valence-electron chi connectivity index (χ0n) is 25.8. The van der Waals surface area contributed by atoms with Crippen molar-refractivity contribution in [3.05, 3.63) is 108 Å². The van der Waals surface area contributed by atoms with Gasteiger partial charge in [-0.25, -0.2) is 0 Å². The van der Waals surface area contributed by atoms with Crippen LogP contribution in [0.4, 0.5) is 17.1 Å². The highest BCUT2D eigenvalue weighted by Gasteiger charge is 2.46. The largest absolute Gasteiger partial charge is 0.458 e. The molecule has 0 unspecified atom stereocenters. The van der Waals surface area contributed by atoms with Crippen molar-refractivity contribution < 1.29 is 14.2 Å². The third-order valence-electron chi connectivity index (χ3n) is 10.2. The van der Waals surface area contributed by atoms with Crippen molar-refractivity contribution >= 4 is 40.2 Å². The lowest BCUT2D eigenvalue weighted by Gasteiger charge is -2.44. The molecule has 0 amide bonds. The second-order valence-electron chi connectivity index (χ2n) is 14.1. The van der Waals surface area contributed by atoms with Gasteiger partial charge in [0.05, 0.1) is 17.1 Å². The molecule has 1 aliphatic carbocycles. The van der Waals surface area contributed by atoms with Crippen LogP contribution in [0.1, 0.15) is 57.2 Å². The molecule has 5 aromatic rings. The van der Waals surface area contributed by atoms with E-state index in [9.17, 15) is 0 Å². The highest BCUT2D eigenvalue weighted by atomic mass is 16.5. The summed E-state index contributed by atoms with van der Waals surface area (Å²) in [6.07, 6.45) is 2.30. The third-order valence-corrected chi connectivity index (χ3v) is 10.2. The molecule has 5 aromatic carbocycles. The summed E-state index contributed by atoms with van der Waals surface area (Å²) in [7, 11) is 0. The fourth-order valence-electron chi connectivity index (χ4n) is 7.92. The Balaban J connectivity index is 1.26. The summed E-state index contributed by atoms with van der Waals surface area (Å²) in [6, 6.07) is 32.1. The number of benzene rings is 5. The molecule has 0 radical (unpaired) electrons. The molecular weight excluding hydrogens is 541 g/mol. The Morgan fingerprint density at radius 1 is 0.614 bits per heavy atom. The van der Waals surface area contributed by atoms with Crippen molar-refractivity contribution in [2.45, 2.75) is 58.3 Å². The molecule has 9 rings (SSSR count). The van der Waals surface area contributed by atoms with E-state index in [1.54, 1.807) is 0 Å². The minimum Gasteiger partial charge on any atom is -0.458 e. The maximum Gasteiger partial charge on any atom is 0.260 e. The first-order valence-corrected chi connectivity index (χ1v) is 15.7. The number of hydrogen-bond donors (Lipinski definition) is 0. The molecule has 0 spiro atoms. The summed E-state index contributed by atoms with van der Waals surface area (Å²) < 4.78 is 20.0. The Hall–Kier alpha value is -4.64. The molecule has 4 nitrogen and oxygen atoms in total. The number of ether oxygens (including phenoxy) is 3. The van der Waals surface area contributed by atoms with Crippen LogP contribution in [0.2, 0.25) is 0 Å². The van der Waals surface area contributed by atoms with Gasteiger partial charge < -0.3 is 19.1 Å². The molecule has 3 aliphatic heterocycles. The molecule has 0 fully saturated rings. The van der Waals surface area contributed by atoms with E-state index in [0.717, 1.165) is 69.0 Å². The Bertz CT molecular complexity index is 2000. The van der Waals surface area contributed by atoms with Crippen LogP contribution in [0, 0.1) is 6.92 Å². The predicted molar refractivity (Wildman–Crippen MR) is 179 cm³/mol. The Morgan fingerprint density at radius 3 is 1.95 bits per heavy atom. The first-order valence-electron chi connectivity index (χ1n) is 15.7. The quantitative estimate of drug-likeness (QED) is 0.183. The minimum atomic E-state index is 0.0231. The van der Waals surface area contributed by atoms with E-state index >= 15 is 0 Å². The summed E-state index contributed by atoms with van der Waals surface area (Å²) in [5.74, 6) is 5.38. The third kappa shape index (κ3) is 3.53. The topological polar surface area (TPSA) is 30.9 Å². The Labute approximate surface area is 259 Å². The molecule has 0 atom stereocenters. The van der Waals surface area contributed by atoms with Crippen LogP contribution in [-0.2, 0) is 10.8 Å². The summed E-state index contributed by atoms with van der Waals surface area (Å²) in [6.45, 7) is 11.7. The standard InChI is InChI=1S/C39H34BNO3/c1-23-20-33-36-34(21-23)44-37-27(17-15-25-35(37)39(4,5)19-18-38(25,2)3)40(36)26-16-14-24(22-32(26)43-33)41-28-10-6-8-12-30(28)42-31-13-9-7-11-29(31)41/h6-17,20-22H,18-19H2,1-5H3. The van der Waals surface area contributed by atoms with Crippen molar-refractivity contribution in [3.63, 3.8) is 0 Å². The van der Waals surface area contributed by atoms with Crippen LogP contribution in [0.5, 0.6) is 34.5 Å². The number of hydrogen-bond acceptors (Lipinski definition) is 4. The summed E-state index contributed by atoms with van der Waals surface area (Å²) in [4.78, 5) is 2.27. The molecule has 44 heavy (non-hydrogen) atoms. The molecular formula is C39H34BNO3. The molecule has 0 saturated heterocycles. The van der Waals surface area contributed by atoms with Gasteiger partial charge in [0.15, 0.2) is 11.5 Å². The number of fused-ring (bicyclic) bond motifs is 8. The Morgan fingerprint density at radius 2 is 1.23 bits per heavy atom. The Kier molecular flexibility index (Phi) is 5.12. The predicted octanol–water partition coefficient (Wildman–Crippen LogP) is 8.65. The summed E-state index contributed by atoms with van der Waals surface area (Å²) in [5, 5.41) is 0. The van der Waals surface area contributed by atoms with Crippen LogP contribution < -0.4 is 35.5 Å². The maximum atomic E-state index is 6.94. The van der Waals surface area contributed by atoms with Gasteiger partial charge in [0.1, 0.15) is 23.0 Å². The molecule has 216 valence electrons. The molecule has 5 heteroatoms. The van der Waals surface area contributed by atoms with Crippen molar-refractivity contribution in [1.82, 2.24) is 0 Å². The molecule has 0 aromatic heterocycles. The van der Waals surface area contributed by atoms with Gasteiger partial charge in [0.25, 0.3) is 6.71 Å². The fraction of sp³-hybridized carbons (Fsp3) is 0.231. The van der Waals surface area contributed by atoms with Crippen LogP contribution in [0.3, 0.4) is 0 Å². The molecule has 0 bridgehead atoms. The van der Waals surface area contributed by atoms with Crippen molar-refractivity contribution in [2.24, 2.45) is 0 Å². The smallest absolute Gasteiger partial charge is 0.260 e. The van der Waals surface area contributed by atoms with E-state index in [1.807, 2.05) is 24.3 Å². The monoisotopic (exact) mass is 575 g/mol. The van der Waals surface area contributed by atoms with E-state index in [0.29, 0.717) is 0 Å². The first kappa shape index (κ1) is 25.8. The van der Waals surface area contributed by atoms with Gasteiger partial charge in [-0.05, 0) is 95.1 Å². The zero-order valence-corrected chi connectivity index (χ0v) is 25.8. The van der Waals surface area contributed by atoms with Gasteiger partial charge in [0, 0.05) is 17.1 Å². The van der Waals surface area contributed by atoms with Gasteiger partial charge in [-0.15, -0.1) is 0 Å². The summed E-state index contributed by atoms with van der Waals surface area (Å²) in [5.41, 5.74) is 10.6. The van der Waals surface area contributed by atoms with E-state index in [-0.39, 0.29) is 17.5 Å². The SMILES string of the molecule is Cc1cc2c3c(c1)Oc1c(ccc4c1C(C)(C)CCC4(C)C)B3c1ccc(N3c4ccccc4Oc4ccccc43)cc1O2. The van der Waals surface area contributed by atoms with Gasteiger partial charge in [-0.2, -0.15) is 0 Å². The molecule has 4 aliphatic rings. The lowest BCUT2D eigenvalue weighted by Crippen LogP contribution is -2.58. The lowest BCUT2D eigenvalue weighted by atomic mass is 9.34. The second kappa shape index (κ2) is 8.72. The van der Waals surface area contributed by atoms with Crippen molar-refractivity contribution in [2.75, 3.05) is 4.90 Å². The number of nitrogens with zero attached hydrogens (tertiary/aromatic N) is 1. The second-order valence-corrected chi connectivity index (χ2v) is 14.1. The van der Waals surface area contributed by atoms with Crippen LogP contribution >= 0.6 is 0 Å². The lowest BCUT2D eigenvalue weighted by molar-refractivity contribution is 0.320. The average Bonchev–Trinajstić information content (AvgIpc) is 3.01. The number of rotatable bonds is 1. The van der Waals surface area contributed by atoms with Gasteiger partial charge in [0.2, 0.25) is 0 Å². The zero-order chi connectivity index (χ0) is 30.0. The van der Waals surface area contributed by atoms with Gasteiger partial charge >= 0.3 is 0 Å². The van der Waals surface area contributed by atoms with Crippen LogP contribution in [0.25, 0.3) is 0 Å². The number of aryl methyl sites for hydroxylation is 1.